The fourth-order valence-corrected chi connectivity index (χ4v) is 13.0. The average Bonchev–Trinajstić information content (AvgIpc) is 3.88. The standard InChI is InChI=1S/C66H45N3S/c1-3-21-45(22-4-1)62-64(67-63-54-31-13-18-37-60(54)70-65(63)68-62)69(58-35-17-16-34-57(58)66(48-25-5-2-6-26-48)55-32-14-11-28-51(55)52-29-12-15-33-56(52)66)59-36-19-24-44-40-41-49(50-27-9-10-30-53(50)61(44)59)47-39-38-43-20-7-8-23-46(43)42-47/h1-39,42,49H,40-41H2. The number of nitrogens with zero attached hydrogens (tertiary/aromatic N) is 3. The molecule has 0 spiro atoms. The van der Waals surface area contributed by atoms with Gasteiger partial charge in [-0.1, -0.05) is 224 Å². The third kappa shape index (κ3) is 6.20. The topological polar surface area (TPSA) is 29.0 Å². The minimum atomic E-state index is -0.687. The summed E-state index contributed by atoms with van der Waals surface area (Å²) in [5.74, 6) is 0.988. The van der Waals surface area contributed by atoms with E-state index >= 15 is 0 Å². The zero-order valence-corrected chi connectivity index (χ0v) is 39.2. The molecule has 0 saturated heterocycles. The average molecular weight is 912 g/mol. The zero-order valence-electron chi connectivity index (χ0n) is 38.3. The maximum absolute atomic E-state index is 5.94. The number of para-hydroxylation sites is 1. The molecule has 12 aromatic rings. The van der Waals surface area contributed by atoms with Gasteiger partial charge in [-0.25, -0.2) is 9.97 Å². The lowest BCUT2D eigenvalue weighted by Crippen LogP contribution is -2.31. The van der Waals surface area contributed by atoms with Crippen molar-refractivity contribution in [2.75, 3.05) is 4.90 Å². The first-order valence-corrected chi connectivity index (χ1v) is 25.1. The van der Waals surface area contributed by atoms with E-state index in [9.17, 15) is 0 Å². The van der Waals surface area contributed by atoms with Crippen LogP contribution in [0.5, 0.6) is 0 Å². The van der Waals surface area contributed by atoms with Crippen molar-refractivity contribution < 1.29 is 0 Å². The third-order valence-electron chi connectivity index (χ3n) is 15.0. The molecule has 4 heteroatoms. The Morgan fingerprint density at radius 3 is 1.91 bits per heavy atom. The molecule has 14 rings (SSSR count). The number of thiophene rings is 1. The van der Waals surface area contributed by atoms with Gasteiger partial charge in [-0.2, -0.15) is 0 Å². The normalized spacial score (nSPS) is 14.4. The summed E-state index contributed by atoms with van der Waals surface area (Å²) in [6, 6.07) is 89.5. The fourth-order valence-electron chi connectivity index (χ4n) is 12.0. The van der Waals surface area contributed by atoms with Crippen molar-refractivity contribution in [3.8, 4) is 33.5 Å². The van der Waals surface area contributed by atoms with Crippen molar-refractivity contribution in [1.82, 2.24) is 9.97 Å². The van der Waals surface area contributed by atoms with Gasteiger partial charge in [-0.05, 0) is 97.4 Å². The molecule has 0 radical (unpaired) electrons. The minimum Gasteiger partial charge on any atom is -0.292 e. The Hall–Kier alpha value is -8.44. The van der Waals surface area contributed by atoms with Crippen molar-refractivity contribution in [1.29, 1.82) is 0 Å². The molecule has 0 fully saturated rings. The van der Waals surface area contributed by atoms with Gasteiger partial charge in [0.25, 0.3) is 0 Å². The summed E-state index contributed by atoms with van der Waals surface area (Å²) < 4.78 is 1.17. The number of aryl methyl sites for hydroxylation is 1. The summed E-state index contributed by atoms with van der Waals surface area (Å²) >= 11 is 1.71. The molecular weight excluding hydrogens is 867 g/mol. The maximum atomic E-state index is 5.94. The first kappa shape index (κ1) is 40.6. The van der Waals surface area contributed by atoms with E-state index in [0.29, 0.717) is 0 Å². The highest BCUT2D eigenvalue weighted by atomic mass is 32.1. The van der Waals surface area contributed by atoms with Crippen LogP contribution in [-0.4, -0.2) is 9.97 Å². The number of fused-ring (bicyclic) bond motifs is 10. The molecule has 0 N–H and O–H groups in total. The smallest absolute Gasteiger partial charge is 0.165 e. The van der Waals surface area contributed by atoms with E-state index in [4.69, 9.17) is 9.97 Å². The monoisotopic (exact) mass is 911 g/mol. The second-order valence-electron chi connectivity index (χ2n) is 18.7. The van der Waals surface area contributed by atoms with Crippen molar-refractivity contribution in [3.63, 3.8) is 0 Å². The molecule has 2 aliphatic rings. The van der Waals surface area contributed by atoms with E-state index in [2.05, 4.69) is 248 Å². The highest BCUT2D eigenvalue weighted by Gasteiger charge is 2.48. The second-order valence-corrected chi connectivity index (χ2v) is 19.7. The van der Waals surface area contributed by atoms with E-state index in [0.717, 1.165) is 57.0 Å². The van der Waals surface area contributed by atoms with E-state index in [1.165, 1.54) is 76.7 Å². The molecule has 10 aromatic carbocycles. The first-order valence-electron chi connectivity index (χ1n) is 24.3. The Morgan fingerprint density at radius 1 is 0.486 bits per heavy atom. The fraction of sp³-hybridized carbons (Fsp3) is 0.0606. The Labute approximate surface area is 411 Å². The second kappa shape index (κ2) is 16.4. The molecule has 1 unspecified atom stereocenters. The Morgan fingerprint density at radius 2 is 1.11 bits per heavy atom. The van der Waals surface area contributed by atoms with E-state index < -0.39 is 5.41 Å². The van der Waals surface area contributed by atoms with Crippen molar-refractivity contribution in [2.24, 2.45) is 0 Å². The van der Waals surface area contributed by atoms with Gasteiger partial charge in [0.15, 0.2) is 5.82 Å². The van der Waals surface area contributed by atoms with Gasteiger partial charge in [-0.3, -0.25) is 4.90 Å². The minimum absolute atomic E-state index is 0.197. The molecule has 0 bridgehead atoms. The van der Waals surface area contributed by atoms with E-state index in [1.54, 1.807) is 11.3 Å². The van der Waals surface area contributed by atoms with Crippen LogP contribution in [0.1, 0.15) is 51.3 Å². The predicted octanol–water partition coefficient (Wildman–Crippen LogP) is 17.2. The molecule has 0 aliphatic heterocycles. The first-order chi connectivity index (χ1) is 34.7. The van der Waals surface area contributed by atoms with Crippen LogP contribution in [0.2, 0.25) is 0 Å². The lowest BCUT2D eigenvalue weighted by Gasteiger charge is -2.38. The van der Waals surface area contributed by atoms with Gasteiger partial charge in [0, 0.05) is 27.1 Å². The lowest BCUT2D eigenvalue weighted by molar-refractivity contribution is 0.727. The Balaban J connectivity index is 1.11. The summed E-state index contributed by atoms with van der Waals surface area (Å²) in [4.78, 5) is 15.1. The molecule has 1 atom stereocenters. The molecule has 3 nitrogen and oxygen atoms in total. The number of anilines is 3. The predicted molar refractivity (Wildman–Crippen MR) is 292 cm³/mol. The highest BCUT2D eigenvalue weighted by Crippen LogP contribution is 2.60. The third-order valence-corrected chi connectivity index (χ3v) is 16.1. The van der Waals surface area contributed by atoms with Crippen LogP contribution in [0.15, 0.2) is 243 Å². The van der Waals surface area contributed by atoms with Crippen molar-refractivity contribution in [2.45, 2.75) is 24.2 Å². The highest BCUT2D eigenvalue weighted by molar-refractivity contribution is 7.25. The van der Waals surface area contributed by atoms with Crippen LogP contribution < -0.4 is 4.90 Å². The molecule has 0 saturated carbocycles. The molecule has 2 aliphatic carbocycles. The summed E-state index contributed by atoms with van der Waals surface area (Å²) in [7, 11) is 0. The molecule has 330 valence electrons. The zero-order chi connectivity index (χ0) is 46.2. The van der Waals surface area contributed by atoms with Gasteiger partial charge in [0.05, 0.1) is 16.8 Å². The number of benzene rings is 10. The molecule has 2 heterocycles. The Bertz CT molecular complexity index is 3940. The van der Waals surface area contributed by atoms with Crippen LogP contribution in [-0.2, 0) is 11.8 Å². The van der Waals surface area contributed by atoms with Crippen LogP contribution in [0.25, 0.3) is 64.7 Å². The van der Waals surface area contributed by atoms with Gasteiger partial charge in [0.1, 0.15) is 16.0 Å². The lowest BCUT2D eigenvalue weighted by atomic mass is 9.67. The summed E-state index contributed by atoms with van der Waals surface area (Å²) in [6.45, 7) is 0. The van der Waals surface area contributed by atoms with Crippen molar-refractivity contribution in [3.05, 3.63) is 282 Å². The summed E-state index contributed by atoms with van der Waals surface area (Å²) in [5.41, 5.74) is 18.1. The SMILES string of the molecule is c1ccc(-c2nc3sc4ccccc4c3nc2N(c2ccccc2C2(c3ccccc3)c3ccccc3-c3ccccc32)c2cccc3c2-c2ccccc2C(c2ccc4ccccc4c2)CC3)cc1. The summed E-state index contributed by atoms with van der Waals surface area (Å²) in [5, 5.41) is 3.65. The molecule has 2 aromatic heterocycles. The van der Waals surface area contributed by atoms with Crippen LogP contribution in [0.3, 0.4) is 0 Å². The van der Waals surface area contributed by atoms with Gasteiger partial charge >= 0.3 is 0 Å². The molecule has 0 amide bonds. The van der Waals surface area contributed by atoms with Crippen LogP contribution in [0.4, 0.5) is 17.2 Å². The van der Waals surface area contributed by atoms with Gasteiger partial charge in [-0.15, -0.1) is 11.3 Å². The summed E-state index contributed by atoms with van der Waals surface area (Å²) in [6.07, 6.45) is 1.89. The number of aromatic nitrogens is 2. The van der Waals surface area contributed by atoms with E-state index in [1.807, 2.05) is 0 Å². The largest absolute Gasteiger partial charge is 0.292 e. The maximum Gasteiger partial charge on any atom is 0.165 e. The van der Waals surface area contributed by atoms with Gasteiger partial charge < -0.3 is 0 Å². The molecule has 70 heavy (non-hydrogen) atoms. The van der Waals surface area contributed by atoms with Crippen LogP contribution in [0, 0.1) is 0 Å². The number of rotatable bonds is 7. The van der Waals surface area contributed by atoms with Gasteiger partial charge in [0.2, 0.25) is 0 Å². The molecular formula is C66H45N3S. The number of hydrogen-bond donors (Lipinski definition) is 0. The van der Waals surface area contributed by atoms with Crippen molar-refractivity contribution >= 4 is 59.7 Å². The van der Waals surface area contributed by atoms with E-state index in [-0.39, 0.29) is 5.92 Å². The van der Waals surface area contributed by atoms with Crippen LogP contribution >= 0.6 is 11.3 Å². The Kier molecular flexibility index (Phi) is 9.50. The quantitative estimate of drug-likeness (QED) is 0.160. The number of hydrogen-bond acceptors (Lipinski definition) is 4.